The van der Waals surface area contributed by atoms with Crippen molar-refractivity contribution in [3.05, 3.63) is 59.7 Å². The van der Waals surface area contributed by atoms with Crippen LogP contribution in [0, 0.1) is 5.92 Å². The second-order valence-corrected chi connectivity index (χ2v) is 9.89. The molecule has 2 aromatic carbocycles. The zero-order valence-corrected chi connectivity index (χ0v) is 18.7. The van der Waals surface area contributed by atoms with E-state index in [4.69, 9.17) is 0 Å². The number of amides is 1. The maximum Gasteiger partial charge on any atom is 0.573 e. The monoisotopic (exact) mass is 486 g/mol. The first kappa shape index (κ1) is 25.0. The lowest BCUT2D eigenvalue weighted by molar-refractivity contribution is -0.274. The number of nitrogens with one attached hydrogen (secondary N) is 1. The van der Waals surface area contributed by atoms with Gasteiger partial charge in [-0.05, 0) is 60.7 Å². The Hall–Kier alpha value is -2.63. The quantitative estimate of drug-likeness (QED) is 0.625. The van der Waals surface area contributed by atoms with Gasteiger partial charge in [0.15, 0.2) is 0 Å². The summed E-state index contributed by atoms with van der Waals surface area (Å²) in [6.07, 6.45) is -4.36. The number of aliphatic hydroxyl groups excluding tert-OH is 1. The fourth-order valence-electron chi connectivity index (χ4n) is 3.45. The Bertz CT molecular complexity index is 1050. The molecule has 0 aromatic heterocycles. The van der Waals surface area contributed by atoms with E-state index < -0.39 is 34.1 Å². The average Bonchev–Trinajstić information content (AvgIpc) is 2.77. The summed E-state index contributed by atoms with van der Waals surface area (Å²) in [6, 6.07) is 10.2. The Morgan fingerprint density at radius 3 is 2.24 bits per heavy atom. The minimum Gasteiger partial charge on any atom is -0.406 e. The SMILES string of the molecule is CC1CCN(S(=O)(=O)c2ccc(C(=O)NCC(O)c3ccc(OC(F)(F)F)cc3)cc2)CC1. The van der Waals surface area contributed by atoms with Gasteiger partial charge in [0.1, 0.15) is 5.75 Å². The molecule has 2 N–H and O–H groups in total. The van der Waals surface area contributed by atoms with E-state index in [1.54, 1.807) is 0 Å². The fraction of sp³-hybridized carbons (Fsp3) is 0.409. The number of benzene rings is 2. The van der Waals surface area contributed by atoms with Crippen molar-refractivity contribution in [2.75, 3.05) is 19.6 Å². The van der Waals surface area contributed by atoms with Gasteiger partial charge in [-0.25, -0.2) is 8.42 Å². The standard InChI is InChI=1S/C22H25F3N2O5S/c1-15-10-12-27(13-11-15)33(30,31)19-8-4-17(5-9-19)21(29)26-14-20(28)16-2-6-18(7-3-16)32-22(23,24)25/h2-9,15,20,28H,10-14H2,1H3,(H,26,29). The topological polar surface area (TPSA) is 95.9 Å². The smallest absolute Gasteiger partial charge is 0.406 e. The van der Waals surface area contributed by atoms with Crippen LogP contribution in [0.4, 0.5) is 13.2 Å². The van der Waals surface area contributed by atoms with Gasteiger partial charge in [-0.3, -0.25) is 4.79 Å². The van der Waals surface area contributed by atoms with Gasteiger partial charge in [0.05, 0.1) is 11.0 Å². The van der Waals surface area contributed by atoms with Crippen molar-refractivity contribution >= 4 is 15.9 Å². The number of sulfonamides is 1. The van der Waals surface area contributed by atoms with Crippen LogP contribution in [-0.2, 0) is 10.0 Å². The summed E-state index contributed by atoms with van der Waals surface area (Å²) >= 11 is 0. The Balaban J connectivity index is 1.56. The lowest BCUT2D eigenvalue weighted by atomic mass is 10.0. The molecule has 33 heavy (non-hydrogen) atoms. The lowest BCUT2D eigenvalue weighted by Gasteiger charge is -2.29. The number of carbonyl (C=O) groups is 1. The van der Waals surface area contributed by atoms with Crippen molar-refractivity contribution in [1.82, 2.24) is 9.62 Å². The first-order chi connectivity index (χ1) is 15.5. The zero-order valence-electron chi connectivity index (χ0n) is 17.9. The number of alkyl halides is 3. The van der Waals surface area contributed by atoms with Crippen LogP contribution >= 0.6 is 0 Å². The molecule has 1 aliphatic rings. The highest BCUT2D eigenvalue weighted by molar-refractivity contribution is 7.89. The van der Waals surface area contributed by atoms with Gasteiger partial charge in [-0.15, -0.1) is 13.2 Å². The number of piperidine rings is 1. The normalized spacial score (nSPS) is 16.9. The number of aliphatic hydroxyl groups is 1. The molecule has 0 saturated carbocycles. The van der Waals surface area contributed by atoms with Crippen LogP contribution in [0.15, 0.2) is 53.4 Å². The van der Waals surface area contributed by atoms with Gasteiger partial charge in [-0.2, -0.15) is 4.31 Å². The second kappa shape index (κ2) is 10.1. The van der Waals surface area contributed by atoms with Crippen molar-refractivity contribution in [2.45, 2.75) is 37.1 Å². The summed E-state index contributed by atoms with van der Waals surface area (Å²) < 4.78 is 67.4. The van der Waals surface area contributed by atoms with Crippen LogP contribution in [-0.4, -0.2) is 49.7 Å². The molecule has 0 bridgehead atoms. The van der Waals surface area contributed by atoms with E-state index in [0.29, 0.717) is 24.6 Å². The molecule has 1 saturated heterocycles. The Labute approximate surface area is 190 Å². The Morgan fingerprint density at radius 2 is 1.70 bits per heavy atom. The molecule has 1 atom stereocenters. The van der Waals surface area contributed by atoms with E-state index in [0.717, 1.165) is 25.0 Å². The lowest BCUT2D eigenvalue weighted by Crippen LogP contribution is -2.37. The number of nitrogens with zero attached hydrogens (tertiary/aromatic N) is 1. The summed E-state index contributed by atoms with van der Waals surface area (Å²) in [7, 11) is -3.62. The van der Waals surface area contributed by atoms with E-state index >= 15 is 0 Å². The molecule has 180 valence electrons. The van der Waals surface area contributed by atoms with E-state index in [1.807, 2.05) is 0 Å². The molecule has 0 aliphatic carbocycles. The van der Waals surface area contributed by atoms with Gasteiger partial charge < -0.3 is 15.2 Å². The largest absolute Gasteiger partial charge is 0.573 e. The van der Waals surface area contributed by atoms with Gasteiger partial charge in [-0.1, -0.05) is 19.1 Å². The number of halogens is 3. The fourth-order valence-corrected chi connectivity index (χ4v) is 4.92. The van der Waals surface area contributed by atoms with Crippen molar-refractivity contribution < 1.29 is 36.2 Å². The number of rotatable bonds is 7. The predicted octanol–water partition coefficient (Wildman–Crippen LogP) is 3.47. The first-order valence-electron chi connectivity index (χ1n) is 10.4. The summed E-state index contributed by atoms with van der Waals surface area (Å²) in [5.74, 6) is -0.456. The summed E-state index contributed by atoms with van der Waals surface area (Å²) in [6.45, 7) is 2.83. The number of hydrogen-bond acceptors (Lipinski definition) is 5. The maximum atomic E-state index is 12.8. The van der Waals surface area contributed by atoms with E-state index in [2.05, 4.69) is 17.0 Å². The molecule has 1 heterocycles. The summed E-state index contributed by atoms with van der Waals surface area (Å²) in [5.41, 5.74) is 0.504. The minimum absolute atomic E-state index is 0.106. The highest BCUT2D eigenvalue weighted by Crippen LogP contribution is 2.25. The molecule has 7 nitrogen and oxygen atoms in total. The Morgan fingerprint density at radius 1 is 1.12 bits per heavy atom. The van der Waals surface area contributed by atoms with E-state index in [1.165, 1.54) is 40.7 Å². The molecule has 0 spiro atoms. The van der Waals surface area contributed by atoms with E-state index in [-0.39, 0.29) is 17.0 Å². The van der Waals surface area contributed by atoms with Crippen LogP contribution in [0.2, 0.25) is 0 Å². The third-order valence-corrected chi connectivity index (χ3v) is 7.36. The number of hydrogen-bond donors (Lipinski definition) is 2. The molecular formula is C22H25F3N2O5S. The average molecular weight is 487 g/mol. The molecular weight excluding hydrogens is 461 g/mol. The number of carbonyl (C=O) groups excluding carboxylic acids is 1. The third kappa shape index (κ3) is 6.68. The molecule has 1 amide bonds. The zero-order chi connectivity index (χ0) is 24.2. The molecule has 1 unspecified atom stereocenters. The molecule has 0 radical (unpaired) electrons. The van der Waals surface area contributed by atoms with Gasteiger partial charge in [0, 0.05) is 25.2 Å². The molecule has 3 rings (SSSR count). The molecule has 11 heteroatoms. The minimum atomic E-state index is -4.81. The highest BCUT2D eigenvalue weighted by Gasteiger charge is 2.31. The second-order valence-electron chi connectivity index (χ2n) is 7.95. The van der Waals surface area contributed by atoms with Crippen molar-refractivity contribution in [3.63, 3.8) is 0 Å². The molecule has 1 aliphatic heterocycles. The Kier molecular flexibility index (Phi) is 7.65. The van der Waals surface area contributed by atoms with Crippen LogP contribution in [0.25, 0.3) is 0 Å². The van der Waals surface area contributed by atoms with Gasteiger partial charge in [0.25, 0.3) is 5.91 Å². The van der Waals surface area contributed by atoms with Gasteiger partial charge >= 0.3 is 6.36 Å². The van der Waals surface area contributed by atoms with Crippen LogP contribution in [0.5, 0.6) is 5.75 Å². The summed E-state index contributed by atoms with van der Waals surface area (Å²) in [4.78, 5) is 12.5. The van der Waals surface area contributed by atoms with Crippen LogP contribution in [0.1, 0.15) is 41.8 Å². The first-order valence-corrected chi connectivity index (χ1v) is 11.8. The van der Waals surface area contributed by atoms with Crippen LogP contribution in [0.3, 0.4) is 0 Å². The molecule has 1 fully saturated rings. The predicted molar refractivity (Wildman–Crippen MR) is 114 cm³/mol. The highest BCUT2D eigenvalue weighted by atomic mass is 32.2. The van der Waals surface area contributed by atoms with Crippen molar-refractivity contribution in [2.24, 2.45) is 5.92 Å². The molecule has 2 aromatic rings. The maximum absolute atomic E-state index is 12.8. The van der Waals surface area contributed by atoms with E-state index in [9.17, 15) is 31.5 Å². The van der Waals surface area contributed by atoms with Crippen molar-refractivity contribution in [1.29, 1.82) is 0 Å². The number of ether oxygens (including phenoxy) is 1. The third-order valence-electron chi connectivity index (χ3n) is 5.45. The summed E-state index contributed by atoms with van der Waals surface area (Å²) in [5, 5.41) is 12.7. The van der Waals surface area contributed by atoms with Crippen molar-refractivity contribution in [3.8, 4) is 5.75 Å². The van der Waals surface area contributed by atoms with Crippen LogP contribution < -0.4 is 10.1 Å². The van der Waals surface area contributed by atoms with Gasteiger partial charge in [0.2, 0.25) is 10.0 Å².